The van der Waals surface area contributed by atoms with Crippen molar-refractivity contribution < 1.29 is 19.1 Å². The van der Waals surface area contributed by atoms with Crippen LogP contribution in [0.1, 0.15) is 13.8 Å². The highest BCUT2D eigenvalue weighted by Crippen LogP contribution is 2.28. The lowest BCUT2D eigenvalue weighted by Gasteiger charge is -2.29. The van der Waals surface area contributed by atoms with E-state index in [4.69, 9.17) is 9.47 Å². The number of anilines is 2. The van der Waals surface area contributed by atoms with Gasteiger partial charge in [0.2, 0.25) is 11.8 Å². The average molecular weight is 344 g/mol. The predicted molar refractivity (Wildman–Crippen MR) is 90.4 cm³/mol. The second-order valence-corrected chi connectivity index (χ2v) is 5.09. The molecule has 1 aromatic carbocycles. The normalized spacial score (nSPS) is 20.1. The molecule has 0 unspecified atom stereocenters. The third-order valence-electron chi connectivity index (χ3n) is 3.38. The summed E-state index contributed by atoms with van der Waals surface area (Å²) in [4.78, 5) is 23.4. The molecule has 1 aromatic rings. The zero-order valence-corrected chi connectivity index (χ0v) is 14.2. The van der Waals surface area contributed by atoms with Gasteiger partial charge in [0.1, 0.15) is 11.8 Å². The second-order valence-electron chi connectivity index (χ2n) is 5.09. The zero-order valence-electron chi connectivity index (χ0n) is 13.3. The third-order valence-corrected chi connectivity index (χ3v) is 3.38. The minimum absolute atomic E-state index is 0. The standard InChI is InChI=1S/C15H21N3O4.ClH/c1-9-14(16-6-7-22-9)15(20)18-11-4-5-12(17-10(2)19)13(8-11)21-3;/h4-5,8-9,14,16H,6-7H2,1-3H3,(H,17,19)(H,18,20);1H/t9-,14+;/m1./s1. The number of halogens is 1. The molecule has 0 saturated carbocycles. The maximum absolute atomic E-state index is 12.3. The maximum Gasteiger partial charge on any atom is 0.244 e. The van der Waals surface area contributed by atoms with Crippen molar-refractivity contribution in [2.24, 2.45) is 0 Å². The number of ether oxygens (including phenoxy) is 2. The highest BCUT2D eigenvalue weighted by atomic mass is 35.5. The fourth-order valence-corrected chi connectivity index (χ4v) is 2.31. The Labute approximate surface area is 141 Å². The predicted octanol–water partition coefficient (Wildman–Crippen LogP) is 1.39. The lowest BCUT2D eigenvalue weighted by atomic mass is 10.1. The first-order valence-corrected chi connectivity index (χ1v) is 7.12. The van der Waals surface area contributed by atoms with Crippen LogP contribution in [-0.4, -0.2) is 44.2 Å². The molecule has 2 amide bonds. The molecule has 1 aliphatic heterocycles. The van der Waals surface area contributed by atoms with Gasteiger partial charge in [0.05, 0.1) is 25.5 Å². The molecule has 0 radical (unpaired) electrons. The molecule has 0 aliphatic carbocycles. The lowest BCUT2D eigenvalue weighted by molar-refractivity contribution is -0.123. The third kappa shape index (κ3) is 5.09. The Morgan fingerprint density at radius 2 is 2.09 bits per heavy atom. The van der Waals surface area contributed by atoms with Gasteiger partial charge < -0.3 is 25.4 Å². The summed E-state index contributed by atoms with van der Waals surface area (Å²) in [5.41, 5.74) is 1.15. The minimum atomic E-state index is -0.394. The van der Waals surface area contributed by atoms with Gasteiger partial charge in [0.15, 0.2) is 0 Å². The van der Waals surface area contributed by atoms with Gasteiger partial charge >= 0.3 is 0 Å². The maximum atomic E-state index is 12.3. The second kappa shape index (κ2) is 8.71. The summed E-state index contributed by atoms with van der Waals surface area (Å²) in [6.07, 6.45) is -0.186. The summed E-state index contributed by atoms with van der Waals surface area (Å²) in [6, 6.07) is 4.66. The summed E-state index contributed by atoms with van der Waals surface area (Å²) >= 11 is 0. The van der Waals surface area contributed by atoms with Crippen LogP contribution in [0.3, 0.4) is 0 Å². The van der Waals surface area contributed by atoms with Crippen molar-refractivity contribution in [1.82, 2.24) is 5.32 Å². The van der Waals surface area contributed by atoms with Crippen LogP contribution in [-0.2, 0) is 14.3 Å². The zero-order chi connectivity index (χ0) is 16.1. The number of nitrogens with one attached hydrogen (secondary N) is 3. The van der Waals surface area contributed by atoms with Crippen molar-refractivity contribution in [3.05, 3.63) is 18.2 Å². The molecule has 3 N–H and O–H groups in total. The van der Waals surface area contributed by atoms with E-state index in [-0.39, 0.29) is 30.3 Å². The van der Waals surface area contributed by atoms with Crippen molar-refractivity contribution in [2.75, 3.05) is 30.9 Å². The Bertz CT molecular complexity index is 568. The summed E-state index contributed by atoms with van der Waals surface area (Å²) < 4.78 is 10.7. The number of benzene rings is 1. The first-order valence-electron chi connectivity index (χ1n) is 7.12. The topological polar surface area (TPSA) is 88.7 Å². The van der Waals surface area contributed by atoms with Crippen LogP contribution >= 0.6 is 12.4 Å². The van der Waals surface area contributed by atoms with Gasteiger partial charge in [-0.2, -0.15) is 0 Å². The molecular weight excluding hydrogens is 322 g/mol. The molecular formula is C15H22ClN3O4. The Hall–Kier alpha value is -1.83. The number of carbonyl (C=O) groups excluding carboxylic acids is 2. The van der Waals surface area contributed by atoms with Crippen molar-refractivity contribution in [3.63, 3.8) is 0 Å². The van der Waals surface area contributed by atoms with Gasteiger partial charge in [0, 0.05) is 25.2 Å². The van der Waals surface area contributed by atoms with Crippen LogP contribution in [0.2, 0.25) is 0 Å². The Morgan fingerprint density at radius 3 is 2.70 bits per heavy atom. The summed E-state index contributed by atoms with van der Waals surface area (Å²) in [6.45, 7) is 4.53. The van der Waals surface area contributed by atoms with Crippen LogP contribution < -0.4 is 20.7 Å². The van der Waals surface area contributed by atoms with E-state index in [0.29, 0.717) is 30.3 Å². The molecule has 0 bridgehead atoms. The number of rotatable bonds is 4. The summed E-state index contributed by atoms with van der Waals surface area (Å²) in [5.74, 6) is 0.128. The van der Waals surface area contributed by atoms with Crippen molar-refractivity contribution in [2.45, 2.75) is 26.0 Å². The van der Waals surface area contributed by atoms with Crippen LogP contribution in [0.4, 0.5) is 11.4 Å². The smallest absolute Gasteiger partial charge is 0.244 e. The van der Waals surface area contributed by atoms with E-state index in [9.17, 15) is 9.59 Å². The van der Waals surface area contributed by atoms with Crippen LogP contribution in [0, 0.1) is 0 Å². The van der Waals surface area contributed by atoms with Gasteiger partial charge in [-0.1, -0.05) is 0 Å². The number of methoxy groups -OCH3 is 1. The van der Waals surface area contributed by atoms with Gasteiger partial charge in [-0.3, -0.25) is 9.59 Å². The highest BCUT2D eigenvalue weighted by Gasteiger charge is 2.28. The van der Waals surface area contributed by atoms with E-state index in [2.05, 4.69) is 16.0 Å². The Morgan fingerprint density at radius 1 is 1.35 bits per heavy atom. The molecule has 23 heavy (non-hydrogen) atoms. The van der Waals surface area contributed by atoms with Gasteiger partial charge in [-0.05, 0) is 19.1 Å². The number of morpholine rings is 1. The highest BCUT2D eigenvalue weighted by molar-refractivity contribution is 5.96. The van der Waals surface area contributed by atoms with E-state index in [1.54, 1.807) is 18.2 Å². The molecule has 0 aromatic heterocycles. The number of carbonyl (C=O) groups is 2. The Kier molecular flexibility index (Phi) is 7.28. The monoisotopic (exact) mass is 343 g/mol. The Balaban J connectivity index is 0.00000264. The molecule has 0 spiro atoms. The quantitative estimate of drug-likeness (QED) is 0.769. The van der Waals surface area contributed by atoms with Crippen LogP contribution in [0.25, 0.3) is 0 Å². The molecule has 7 nitrogen and oxygen atoms in total. The SMILES string of the molecule is COc1cc(NC(=O)[C@H]2NCCO[C@@H]2C)ccc1NC(C)=O.Cl. The summed E-state index contributed by atoms with van der Waals surface area (Å²) in [5, 5.41) is 8.62. The number of hydrogen-bond donors (Lipinski definition) is 3. The fourth-order valence-electron chi connectivity index (χ4n) is 2.31. The molecule has 8 heteroatoms. The van der Waals surface area contributed by atoms with E-state index in [0.717, 1.165) is 0 Å². The van der Waals surface area contributed by atoms with E-state index in [1.165, 1.54) is 14.0 Å². The molecule has 128 valence electrons. The van der Waals surface area contributed by atoms with Crippen LogP contribution in [0.15, 0.2) is 18.2 Å². The molecule has 1 aliphatic rings. The average Bonchev–Trinajstić information content (AvgIpc) is 2.48. The molecule has 1 saturated heterocycles. The molecule has 1 fully saturated rings. The molecule has 2 rings (SSSR count). The first-order chi connectivity index (χ1) is 10.5. The van der Waals surface area contributed by atoms with Gasteiger partial charge in [0.25, 0.3) is 0 Å². The van der Waals surface area contributed by atoms with E-state index in [1.807, 2.05) is 6.92 Å². The number of hydrogen-bond acceptors (Lipinski definition) is 5. The molecule has 2 atom stereocenters. The van der Waals surface area contributed by atoms with E-state index < -0.39 is 6.04 Å². The minimum Gasteiger partial charge on any atom is -0.494 e. The van der Waals surface area contributed by atoms with Gasteiger partial charge in [-0.15, -0.1) is 12.4 Å². The van der Waals surface area contributed by atoms with Gasteiger partial charge in [-0.25, -0.2) is 0 Å². The lowest BCUT2D eigenvalue weighted by Crippen LogP contribution is -2.53. The van der Waals surface area contributed by atoms with Crippen molar-refractivity contribution in [3.8, 4) is 5.75 Å². The number of amides is 2. The van der Waals surface area contributed by atoms with Crippen molar-refractivity contribution in [1.29, 1.82) is 0 Å². The first kappa shape index (κ1) is 19.2. The largest absolute Gasteiger partial charge is 0.494 e. The van der Waals surface area contributed by atoms with Crippen molar-refractivity contribution >= 4 is 35.6 Å². The van der Waals surface area contributed by atoms with E-state index >= 15 is 0 Å². The van der Waals surface area contributed by atoms with Crippen LogP contribution in [0.5, 0.6) is 5.75 Å². The summed E-state index contributed by atoms with van der Waals surface area (Å²) in [7, 11) is 1.50. The molecule has 1 heterocycles. The fraction of sp³-hybridized carbons (Fsp3) is 0.467.